The number of carbonyl (C=O) groups is 1. The largest absolute Gasteiger partial charge is 0.497 e. The van der Waals surface area contributed by atoms with E-state index in [4.69, 9.17) is 15.2 Å². The van der Waals surface area contributed by atoms with Crippen molar-refractivity contribution < 1.29 is 14.3 Å². The predicted octanol–water partition coefficient (Wildman–Crippen LogP) is 2.54. The lowest BCUT2D eigenvalue weighted by Crippen LogP contribution is -2.14. The number of nitrogen functional groups attached to an aromatic ring is 1. The third kappa shape index (κ3) is 2.83. The fourth-order valence-corrected chi connectivity index (χ4v) is 1.80. The topological polar surface area (TPSA) is 73.6 Å². The van der Waals surface area contributed by atoms with Crippen molar-refractivity contribution in [1.82, 2.24) is 0 Å². The van der Waals surface area contributed by atoms with Crippen LogP contribution in [0.1, 0.15) is 10.4 Å². The third-order valence-corrected chi connectivity index (χ3v) is 2.86. The Kier molecular flexibility index (Phi) is 4.10. The standard InChI is InChI=1S/C15H16N2O3/c1-19-10-7-8-13(12(16)9-10)17-15(18)11-5-3-4-6-14(11)20-2/h3-9H,16H2,1-2H3,(H,17,18). The van der Waals surface area contributed by atoms with Gasteiger partial charge in [-0.05, 0) is 24.3 Å². The highest BCUT2D eigenvalue weighted by Crippen LogP contribution is 2.25. The highest BCUT2D eigenvalue weighted by atomic mass is 16.5. The van der Waals surface area contributed by atoms with Crippen molar-refractivity contribution in [3.05, 3.63) is 48.0 Å². The van der Waals surface area contributed by atoms with E-state index in [1.165, 1.54) is 7.11 Å². The van der Waals surface area contributed by atoms with Gasteiger partial charge in [0.15, 0.2) is 0 Å². The molecule has 0 aliphatic rings. The van der Waals surface area contributed by atoms with Crippen LogP contribution in [0.15, 0.2) is 42.5 Å². The maximum atomic E-state index is 12.2. The van der Waals surface area contributed by atoms with E-state index in [1.54, 1.807) is 49.6 Å². The van der Waals surface area contributed by atoms with Crippen molar-refractivity contribution in [2.75, 3.05) is 25.3 Å². The van der Waals surface area contributed by atoms with Gasteiger partial charge in [-0.2, -0.15) is 0 Å². The summed E-state index contributed by atoms with van der Waals surface area (Å²) in [5.74, 6) is 0.870. The number of nitrogens with one attached hydrogen (secondary N) is 1. The van der Waals surface area contributed by atoms with Crippen LogP contribution >= 0.6 is 0 Å². The van der Waals surface area contributed by atoms with Crippen molar-refractivity contribution >= 4 is 17.3 Å². The Morgan fingerprint density at radius 3 is 2.50 bits per heavy atom. The summed E-state index contributed by atoms with van der Waals surface area (Å²) in [5.41, 5.74) is 7.28. The Labute approximate surface area is 117 Å². The summed E-state index contributed by atoms with van der Waals surface area (Å²) in [6.45, 7) is 0. The monoisotopic (exact) mass is 272 g/mol. The molecule has 0 unspecified atom stereocenters. The first-order chi connectivity index (χ1) is 9.65. The van der Waals surface area contributed by atoms with Crippen molar-refractivity contribution in [2.24, 2.45) is 0 Å². The van der Waals surface area contributed by atoms with Crippen molar-refractivity contribution in [3.8, 4) is 11.5 Å². The average molecular weight is 272 g/mol. The van der Waals surface area contributed by atoms with Gasteiger partial charge in [0.2, 0.25) is 0 Å². The average Bonchev–Trinajstić information content (AvgIpc) is 2.49. The van der Waals surface area contributed by atoms with Crippen LogP contribution in [0.4, 0.5) is 11.4 Å². The first kappa shape index (κ1) is 13.7. The van der Waals surface area contributed by atoms with Crippen molar-refractivity contribution in [2.45, 2.75) is 0 Å². The number of rotatable bonds is 4. The molecule has 2 aromatic rings. The van der Waals surface area contributed by atoms with Gasteiger partial charge in [-0.1, -0.05) is 12.1 Å². The second-order valence-electron chi connectivity index (χ2n) is 4.11. The smallest absolute Gasteiger partial charge is 0.259 e. The number of benzene rings is 2. The summed E-state index contributed by atoms with van der Waals surface area (Å²) in [6.07, 6.45) is 0. The lowest BCUT2D eigenvalue weighted by Gasteiger charge is -2.11. The van der Waals surface area contributed by atoms with E-state index in [9.17, 15) is 4.79 Å². The fourth-order valence-electron chi connectivity index (χ4n) is 1.80. The van der Waals surface area contributed by atoms with Crippen LogP contribution < -0.4 is 20.5 Å². The van der Waals surface area contributed by atoms with Crippen LogP contribution in [0.2, 0.25) is 0 Å². The molecule has 0 aromatic heterocycles. The second kappa shape index (κ2) is 5.97. The Morgan fingerprint density at radius 2 is 1.85 bits per heavy atom. The molecule has 2 aromatic carbocycles. The molecule has 1 amide bonds. The van der Waals surface area contributed by atoms with Crippen LogP contribution in [-0.4, -0.2) is 20.1 Å². The van der Waals surface area contributed by atoms with Crippen LogP contribution in [-0.2, 0) is 0 Å². The van der Waals surface area contributed by atoms with Gasteiger partial charge in [0.1, 0.15) is 11.5 Å². The van der Waals surface area contributed by atoms with E-state index in [-0.39, 0.29) is 5.91 Å². The molecule has 0 aliphatic heterocycles. The number of ether oxygens (including phenoxy) is 2. The molecule has 0 saturated heterocycles. The van der Waals surface area contributed by atoms with E-state index in [0.29, 0.717) is 28.4 Å². The Balaban J connectivity index is 2.23. The first-order valence-electron chi connectivity index (χ1n) is 6.03. The number of methoxy groups -OCH3 is 2. The molecule has 5 nitrogen and oxygen atoms in total. The highest BCUT2D eigenvalue weighted by Gasteiger charge is 2.13. The molecule has 0 heterocycles. The molecule has 5 heteroatoms. The molecule has 20 heavy (non-hydrogen) atoms. The molecular weight excluding hydrogens is 256 g/mol. The Bertz CT molecular complexity index is 626. The van der Waals surface area contributed by atoms with Gasteiger partial charge in [0.05, 0.1) is 31.2 Å². The van der Waals surface area contributed by atoms with E-state index in [2.05, 4.69) is 5.32 Å². The van der Waals surface area contributed by atoms with E-state index >= 15 is 0 Å². The summed E-state index contributed by atoms with van der Waals surface area (Å²) in [7, 11) is 3.08. The predicted molar refractivity (Wildman–Crippen MR) is 78.4 cm³/mol. The number of hydrogen-bond acceptors (Lipinski definition) is 4. The molecule has 0 atom stereocenters. The van der Waals surface area contributed by atoms with Gasteiger partial charge < -0.3 is 20.5 Å². The van der Waals surface area contributed by atoms with Crippen LogP contribution in [0.5, 0.6) is 11.5 Å². The number of anilines is 2. The van der Waals surface area contributed by atoms with E-state index in [0.717, 1.165) is 0 Å². The second-order valence-corrected chi connectivity index (χ2v) is 4.11. The lowest BCUT2D eigenvalue weighted by molar-refractivity contribution is 0.102. The van der Waals surface area contributed by atoms with Gasteiger partial charge in [-0.3, -0.25) is 4.79 Å². The zero-order valence-corrected chi connectivity index (χ0v) is 11.3. The minimum absolute atomic E-state index is 0.278. The SMILES string of the molecule is COc1ccc(NC(=O)c2ccccc2OC)c(N)c1. The Morgan fingerprint density at radius 1 is 1.10 bits per heavy atom. The highest BCUT2D eigenvalue weighted by molar-refractivity contribution is 6.07. The summed E-state index contributed by atoms with van der Waals surface area (Å²) < 4.78 is 10.2. The molecule has 0 bridgehead atoms. The van der Waals surface area contributed by atoms with Gasteiger partial charge in [0.25, 0.3) is 5.91 Å². The number of carbonyl (C=O) groups excluding carboxylic acids is 1. The first-order valence-corrected chi connectivity index (χ1v) is 6.03. The van der Waals surface area contributed by atoms with Crippen molar-refractivity contribution in [1.29, 1.82) is 0 Å². The molecule has 0 fully saturated rings. The number of nitrogens with two attached hydrogens (primary N) is 1. The van der Waals surface area contributed by atoms with Crippen LogP contribution in [0.25, 0.3) is 0 Å². The van der Waals surface area contributed by atoms with Crippen molar-refractivity contribution in [3.63, 3.8) is 0 Å². The summed E-state index contributed by atoms with van der Waals surface area (Å²) in [4.78, 5) is 12.2. The van der Waals surface area contributed by atoms with Gasteiger partial charge in [0, 0.05) is 6.07 Å². The van der Waals surface area contributed by atoms with Crippen LogP contribution in [0.3, 0.4) is 0 Å². The zero-order valence-electron chi connectivity index (χ0n) is 11.3. The molecule has 104 valence electrons. The minimum atomic E-state index is -0.278. The molecular formula is C15H16N2O3. The number of amides is 1. The molecule has 2 rings (SSSR count). The quantitative estimate of drug-likeness (QED) is 0.839. The number of para-hydroxylation sites is 1. The van der Waals surface area contributed by atoms with Crippen LogP contribution in [0, 0.1) is 0 Å². The third-order valence-electron chi connectivity index (χ3n) is 2.86. The summed E-state index contributed by atoms with van der Waals surface area (Å²) in [6, 6.07) is 12.1. The van der Waals surface area contributed by atoms with E-state index < -0.39 is 0 Å². The summed E-state index contributed by atoms with van der Waals surface area (Å²) >= 11 is 0. The number of hydrogen-bond donors (Lipinski definition) is 2. The Hall–Kier alpha value is -2.69. The van der Waals surface area contributed by atoms with Gasteiger partial charge in [-0.15, -0.1) is 0 Å². The molecule has 3 N–H and O–H groups in total. The fraction of sp³-hybridized carbons (Fsp3) is 0.133. The van der Waals surface area contributed by atoms with Gasteiger partial charge in [-0.25, -0.2) is 0 Å². The van der Waals surface area contributed by atoms with Gasteiger partial charge >= 0.3 is 0 Å². The molecule has 0 saturated carbocycles. The molecule has 0 radical (unpaired) electrons. The molecule has 0 aliphatic carbocycles. The molecule has 0 spiro atoms. The maximum absolute atomic E-state index is 12.2. The normalized spacial score (nSPS) is 9.90. The minimum Gasteiger partial charge on any atom is -0.497 e. The maximum Gasteiger partial charge on any atom is 0.259 e. The zero-order chi connectivity index (χ0) is 14.5. The van der Waals surface area contributed by atoms with E-state index in [1.807, 2.05) is 0 Å². The summed E-state index contributed by atoms with van der Waals surface area (Å²) in [5, 5.41) is 2.75. The lowest BCUT2D eigenvalue weighted by atomic mass is 10.1.